The van der Waals surface area contributed by atoms with Gasteiger partial charge >= 0.3 is 0 Å². The van der Waals surface area contributed by atoms with Gasteiger partial charge in [0.25, 0.3) is 0 Å². The Balaban J connectivity index is 1.96. The molecule has 0 unspecified atom stereocenters. The average molecular weight is 233 g/mol. The highest BCUT2D eigenvalue weighted by Gasteiger charge is 2.36. The molecule has 0 heterocycles. The van der Waals surface area contributed by atoms with Crippen molar-refractivity contribution in [1.82, 2.24) is 5.32 Å². The molecule has 3 heteroatoms. The summed E-state index contributed by atoms with van der Waals surface area (Å²) in [6.07, 6.45) is 4.60. The van der Waals surface area contributed by atoms with Crippen LogP contribution in [-0.2, 0) is 11.2 Å². The van der Waals surface area contributed by atoms with Gasteiger partial charge in [0.2, 0.25) is 5.91 Å². The topological polar surface area (TPSA) is 49.3 Å². The van der Waals surface area contributed by atoms with Crippen molar-refractivity contribution >= 4 is 5.91 Å². The molecule has 2 rings (SSSR count). The van der Waals surface area contributed by atoms with E-state index in [1.54, 1.807) is 18.2 Å². The van der Waals surface area contributed by atoms with Crippen LogP contribution >= 0.6 is 0 Å². The number of hydrogen-bond donors (Lipinski definition) is 2. The zero-order valence-corrected chi connectivity index (χ0v) is 10.2. The standard InChI is InChI=1S/C14H19NO2/c1-2-14(8-5-9-14)15-13(17)10-11-6-3-4-7-12(11)16/h3-4,6-7,16H,2,5,8-10H2,1H3,(H,15,17). The minimum absolute atomic E-state index is 0.00745. The molecule has 1 aliphatic carbocycles. The third kappa shape index (κ3) is 2.60. The van der Waals surface area contributed by atoms with E-state index in [-0.39, 0.29) is 23.6 Å². The second kappa shape index (κ2) is 4.78. The number of aromatic hydroxyl groups is 1. The van der Waals surface area contributed by atoms with E-state index in [4.69, 9.17) is 0 Å². The number of phenols is 1. The molecule has 17 heavy (non-hydrogen) atoms. The summed E-state index contributed by atoms with van der Waals surface area (Å²) >= 11 is 0. The molecule has 0 radical (unpaired) electrons. The van der Waals surface area contributed by atoms with Crippen LogP contribution < -0.4 is 5.32 Å². The molecular formula is C14H19NO2. The van der Waals surface area contributed by atoms with E-state index in [2.05, 4.69) is 12.2 Å². The van der Waals surface area contributed by atoms with Crippen LogP contribution in [0.4, 0.5) is 0 Å². The summed E-state index contributed by atoms with van der Waals surface area (Å²) in [7, 11) is 0. The number of benzene rings is 1. The van der Waals surface area contributed by atoms with Gasteiger partial charge in [-0.3, -0.25) is 4.79 Å². The number of para-hydroxylation sites is 1. The van der Waals surface area contributed by atoms with Crippen LogP contribution in [0.1, 0.15) is 38.2 Å². The molecule has 2 N–H and O–H groups in total. The summed E-state index contributed by atoms with van der Waals surface area (Å²) in [5.41, 5.74) is 0.720. The minimum atomic E-state index is 0.00745. The summed E-state index contributed by atoms with van der Waals surface area (Å²) in [6.45, 7) is 2.11. The van der Waals surface area contributed by atoms with Crippen molar-refractivity contribution in [2.24, 2.45) is 0 Å². The third-order valence-electron chi connectivity index (χ3n) is 3.73. The van der Waals surface area contributed by atoms with Crippen molar-refractivity contribution in [2.75, 3.05) is 0 Å². The van der Waals surface area contributed by atoms with Crippen molar-refractivity contribution in [3.8, 4) is 5.75 Å². The van der Waals surface area contributed by atoms with Gasteiger partial charge in [-0.25, -0.2) is 0 Å². The lowest BCUT2D eigenvalue weighted by Crippen LogP contribution is -2.53. The van der Waals surface area contributed by atoms with Gasteiger partial charge in [-0.2, -0.15) is 0 Å². The van der Waals surface area contributed by atoms with Crippen molar-refractivity contribution in [2.45, 2.75) is 44.6 Å². The van der Waals surface area contributed by atoms with E-state index in [0.29, 0.717) is 5.56 Å². The maximum absolute atomic E-state index is 11.9. The Hall–Kier alpha value is -1.51. The summed E-state index contributed by atoms with van der Waals surface area (Å²) in [5.74, 6) is 0.204. The first-order chi connectivity index (χ1) is 8.15. The number of rotatable bonds is 4. The van der Waals surface area contributed by atoms with Crippen LogP contribution in [0.5, 0.6) is 5.75 Å². The first kappa shape index (κ1) is 12.0. The quantitative estimate of drug-likeness (QED) is 0.839. The molecule has 3 nitrogen and oxygen atoms in total. The van der Waals surface area contributed by atoms with Crippen molar-refractivity contribution < 1.29 is 9.90 Å². The SMILES string of the molecule is CCC1(NC(=O)Cc2ccccc2O)CCC1. The number of carbonyl (C=O) groups is 1. The third-order valence-corrected chi connectivity index (χ3v) is 3.73. The fourth-order valence-electron chi connectivity index (χ4n) is 2.34. The smallest absolute Gasteiger partial charge is 0.224 e. The van der Waals surface area contributed by atoms with Gasteiger partial charge in [0.1, 0.15) is 5.75 Å². The fraction of sp³-hybridized carbons (Fsp3) is 0.500. The van der Waals surface area contributed by atoms with E-state index >= 15 is 0 Å². The molecule has 0 aromatic heterocycles. The highest BCUT2D eigenvalue weighted by molar-refractivity contribution is 5.80. The highest BCUT2D eigenvalue weighted by Crippen LogP contribution is 2.34. The predicted molar refractivity (Wildman–Crippen MR) is 66.8 cm³/mol. The molecule has 1 saturated carbocycles. The lowest BCUT2D eigenvalue weighted by Gasteiger charge is -2.42. The Kier molecular flexibility index (Phi) is 3.36. The molecule has 1 fully saturated rings. The average Bonchev–Trinajstić information content (AvgIpc) is 2.27. The molecule has 1 aliphatic rings. The Labute approximate surface area is 102 Å². The Morgan fingerprint density at radius 1 is 1.41 bits per heavy atom. The Morgan fingerprint density at radius 2 is 2.12 bits per heavy atom. The fourth-order valence-corrected chi connectivity index (χ4v) is 2.34. The van der Waals surface area contributed by atoms with E-state index < -0.39 is 0 Å². The van der Waals surface area contributed by atoms with Gasteiger partial charge in [0.15, 0.2) is 0 Å². The van der Waals surface area contributed by atoms with Crippen molar-refractivity contribution in [1.29, 1.82) is 0 Å². The summed E-state index contributed by atoms with van der Waals surface area (Å²) in [6, 6.07) is 6.99. The monoisotopic (exact) mass is 233 g/mol. The number of carbonyl (C=O) groups excluding carboxylic acids is 1. The van der Waals surface area contributed by atoms with Gasteiger partial charge in [-0.05, 0) is 31.7 Å². The zero-order chi connectivity index (χ0) is 12.3. The summed E-state index contributed by atoms with van der Waals surface area (Å²) < 4.78 is 0. The van der Waals surface area contributed by atoms with Gasteiger partial charge < -0.3 is 10.4 Å². The Morgan fingerprint density at radius 3 is 2.65 bits per heavy atom. The van der Waals surface area contributed by atoms with Gasteiger partial charge in [-0.15, -0.1) is 0 Å². The molecule has 1 aromatic carbocycles. The van der Waals surface area contributed by atoms with Crippen LogP contribution in [0.2, 0.25) is 0 Å². The van der Waals surface area contributed by atoms with E-state index in [9.17, 15) is 9.90 Å². The number of hydrogen-bond acceptors (Lipinski definition) is 2. The molecule has 0 spiro atoms. The van der Waals surface area contributed by atoms with Crippen molar-refractivity contribution in [3.63, 3.8) is 0 Å². The summed E-state index contributed by atoms with van der Waals surface area (Å²) in [5, 5.41) is 12.7. The van der Waals surface area contributed by atoms with Crippen LogP contribution in [0, 0.1) is 0 Å². The number of nitrogens with one attached hydrogen (secondary N) is 1. The van der Waals surface area contributed by atoms with Gasteiger partial charge in [0, 0.05) is 11.1 Å². The zero-order valence-electron chi connectivity index (χ0n) is 10.2. The van der Waals surface area contributed by atoms with Crippen LogP contribution in [-0.4, -0.2) is 16.6 Å². The second-order valence-electron chi connectivity index (χ2n) is 4.84. The molecular weight excluding hydrogens is 214 g/mol. The van der Waals surface area contributed by atoms with E-state index in [1.807, 2.05) is 6.07 Å². The molecule has 92 valence electrons. The molecule has 1 amide bonds. The van der Waals surface area contributed by atoms with E-state index in [0.717, 1.165) is 19.3 Å². The van der Waals surface area contributed by atoms with Gasteiger partial charge in [0.05, 0.1) is 6.42 Å². The largest absolute Gasteiger partial charge is 0.508 e. The molecule has 0 saturated heterocycles. The second-order valence-corrected chi connectivity index (χ2v) is 4.84. The van der Waals surface area contributed by atoms with Crippen LogP contribution in [0.3, 0.4) is 0 Å². The predicted octanol–water partition coefficient (Wildman–Crippen LogP) is 2.38. The number of amides is 1. The van der Waals surface area contributed by atoms with E-state index in [1.165, 1.54) is 6.42 Å². The lowest BCUT2D eigenvalue weighted by molar-refractivity contribution is -0.123. The molecule has 0 aliphatic heterocycles. The normalized spacial score (nSPS) is 17.2. The van der Waals surface area contributed by atoms with Crippen LogP contribution in [0.15, 0.2) is 24.3 Å². The first-order valence-corrected chi connectivity index (χ1v) is 6.23. The minimum Gasteiger partial charge on any atom is -0.508 e. The first-order valence-electron chi connectivity index (χ1n) is 6.23. The lowest BCUT2D eigenvalue weighted by atomic mass is 9.75. The number of phenolic OH excluding ortho intramolecular Hbond substituents is 1. The maximum Gasteiger partial charge on any atom is 0.224 e. The molecule has 0 atom stereocenters. The summed E-state index contributed by atoms with van der Waals surface area (Å²) in [4.78, 5) is 11.9. The van der Waals surface area contributed by atoms with Crippen molar-refractivity contribution in [3.05, 3.63) is 29.8 Å². The Bertz CT molecular complexity index is 405. The highest BCUT2D eigenvalue weighted by atomic mass is 16.3. The molecule has 1 aromatic rings. The molecule has 0 bridgehead atoms. The maximum atomic E-state index is 11.9. The van der Waals surface area contributed by atoms with Crippen LogP contribution in [0.25, 0.3) is 0 Å². The van der Waals surface area contributed by atoms with Gasteiger partial charge in [-0.1, -0.05) is 25.1 Å².